The Bertz CT molecular complexity index is 484. The Balaban J connectivity index is 2.76. The van der Waals surface area contributed by atoms with Gasteiger partial charge in [-0.25, -0.2) is 4.98 Å². The van der Waals surface area contributed by atoms with Crippen molar-refractivity contribution in [3.05, 3.63) is 27.6 Å². The van der Waals surface area contributed by atoms with E-state index in [4.69, 9.17) is 0 Å². The van der Waals surface area contributed by atoms with E-state index in [1.165, 1.54) is 11.3 Å². The molecule has 0 saturated heterocycles. The molecule has 0 aliphatic heterocycles. The van der Waals surface area contributed by atoms with Gasteiger partial charge in [0.05, 0.1) is 10.5 Å². The zero-order chi connectivity index (χ0) is 9.42. The number of nitrogens with one attached hydrogen (secondary N) is 1. The van der Waals surface area contributed by atoms with Crippen LogP contribution in [0.1, 0.15) is 24.8 Å². The maximum Gasteiger partial charge on any atom is 0.267 e. The summed E-state index contributed by atoms with van der Waals surface area (Å²) >= 11 is 1.48. The highest BCUT2D eigenvalue weighted by molar-refractivity contribution is 7.18. The smallest absolute Gasteiger partial charge is 0.267 e. The first-order valence-corrected chi connectivity index (χ1v) is 4.98. The van der Waals surface area contributed by atoms with E-state index in [1.807, 2.05) is 6.07 Å². The molecule has 2 heterocycles. The van der Waals surface area contributed by atoms with E-state index in [-0.39, 0.29) is 5.56 Å². The summed E-state index contributed by atoms with van der Waals surface area (Å²) in [7, 11) is 0. The number of aromatic nitrogens is 2. The second kappa shape index (κ2) is 2.96. The van der Waals surface area contributed by atoms with Crippen molar-refractivity contribution in [1.82, 2.24) is 9.97 Å². The van der Waals surface area contributed by atoms with Crippen LogP contribution >= 0.6 is 11.3 Å². The largest absolute Gasteiger partial charge is 0.328 e. The molecule has 0 unspecified atom stereocenters. The molecule has 1 N–H and O–H groups in total. The summed E-state index contributed by atoms with van der Waals surface area (Å²) in [5, 5.41) is 1.02. The van der Waals surface area contributed by atoms with Crippen LogP contribution in [-0.2, 0) is 0 Å². The molecular weight excluding hydrogens is 184 g/mol. The summed E-state index contributed by atoms with van der Waals surface area (Å²) in [6.45, 7) is 4.15. The highest BCUT2D eigenvalue weighted by Gasteiger charge is 2.08. The first-order valence-electron chi connectivity index (χ1n) is 4.16. The standard InChI is InChI=1S/C9H10N2OS/c1-5(2)9-11-6-3-4-10-8(12)7(6)13-9/h3-5H,1-2H3,(H,10,12). The van der Waals surface area contributed by atoms with E-state index >= 15 is 0 Å². The van der Waals surface area contributed by atoms with Gasteiger partial charge in [0, 0.05) is 12.1 Å². The van der Waals surface area contributed by atoms with Crippen LogP contribution in [0.2, 0.25) is 0 Å². The zero-order valence-corrected chi connectivity index (χ0v) is 8.31. The molecule has 0 bridgehead atoms. The second-order valence-corrected chi connectivity index (χ2v) is 4.26. The number of hydrogen-bond donors (Lipinski definition) is 1. The molecule has 68 valence electrons. The van der Waals surface area contributed by atoms with E-state index in [0.717, 1.165) is 15.2 Å². The number of fused-ring (bicyclic) bond motifs is 1. The lowest BCUT2D eigenvalue weighted by Crippen LogP contribution is -2.01. The number of hydrogen-bond acceptors (Lipinski definition) is 3. The molecule has 0 aliphatic carbocycles. The minimum absolute atomic E-state index is 0.0399. The van der Waals surface area contributed by atoms with Gasteiger partial charge in [-0.3, -0.25) is 4.79 Å². The molecule has 2 aromatic rings. The summed E-state index contributed by atoms with van der Waals surface area (Å²) in [5.74, 6) is 0.386. The van der Waals surface area contributed by atoms with Gasteiger partial charge in [-0.1, -0.05) is 13.8 Å². The quantitative estimate of drug-likeness (QED) is 0.755. The van der Waals surface area contributed by atoms with E-state index in [2.05, 4.69) is 23.8 Å². The highest BCUT2D eigenvalue weighted by atomic mass is 32.1. The SMILES string of the molecule is CC(C)c1nc2cc[nH]c(=O)c2s1. The van der Waals surface area contributed by atoms with Gasteiger partial charge in [-0.15, -0.1) is 11.3 Å². The van der Waals surface area contributed by atoms with Crippen molar-refractivity contribution in [1.29, 1.82) is 0 Å². The lowest BCUT2D eigenvalue weighted by atomic mass is 10.2. The fourth-order valence-electron chi connectivity index (χ4n) is 1.13. The Hall–Kier alpha value is -1.16. The van der Waals surface area contributed by atoms with Crippen LogP contribution in [0.4, 0.5) is 0 Å². The lowest BCUT2D eigenvalue weighted by Gasteiger charge is -1.94. The average Bonchev–Trinajstić information content (AvgIpc) is 2.49. The lowest BCUT2D eigenvalue weighted by molar-refractivity contribution is 0.857. The number of nitrogens with zero attached hydrogens (tertiary/aromatic N) is 1. The van der Waals surface area contributed by atoms with Gasteiger partial charge < -0.3 is 4.98 Å². The average molecular weight is 194 g/mol. The highest BCUT2D eigenvalue weighted by Crippen LogP contribution is 2.23. The first-order chi connectivity index (χ1) is 6.18. The Morgan fingerprint density at radius 1 is 1.54 bits per heavy atom. The Kier molecular flexibility index (Phi) is 1.92. The fourth-order valence-corrected chi connectivity index (χ4v) is 2.09. The van der Waals surface area contributed by atoms with Gasteiger partial charge >= 0.3 is 0 Å². The summed E-state index contributed by atoms with van der Waals surface area (Å²) < 4.78 is 0.728. The molecule has 2 aromatic heterocycles. The van der Waals surface area contributed by atoms with Gasteiger partial charge in [-0.2, -0.15) is 0 Å². The van der Waals surface area contributed by atoms with E-state index in [0.29, 0.717) is 5.92 Å². The van der Waals surface area contributed by atoms with E-state index < -0.39 is 0 Å². The second-order valence-electron chi connectivity index (χ2n) is 3.23. The maximum absolute atomic E-state index is 11.3. The third-order valence-corrected chi connectivity index (χ3v) is 3.20. The van der Waals surface area contributed by atoms with Crippen LogP contribution in [-0.4, -0.2) is 9.97 Å². The molecule has 0 fully saturated rings. The Morgan fingerprint density at radius 3 is 2.92 bits per heavy atom. The van der Waals surface area contributed by atoms with Crippen LogP contribution in [0.3, 0.4) is 0 Å². The van der Waals surface area contributed by atoms with Gasteiger partial charge in [0.1, 0.15) is 4.70 Å². The normalized spacial score (nSPS) is 11.3. The van der Waals surface area contributed by atoms with E-state index in [1.54, 1.807) is 6.20 Å². The van der Waals surface area contributed by atoms with Crippen LogP contribution < -0.4 is 5.56 Å². The predicted molar refractivity (Wildman–Crippen MR) is 54.3 cm³/mol. The van der Waals surface area contributed by atoms with Crippen molar-refractivity contribution < 1.29 is 0 Å². The van der Waals surface area contributed by atoms with Crippen molar-refractivity contribution in [2.75, 3.05) is 0 Å². The van der Waals surface area contributed by atoms with Gasteiger partial charge in [0.2, 0.25) is 0 Å². The first kappa shape index (κ1) is 8.44. The predicted octanol–water partition coefficient (Wildman–Crippen LogP) is 2.11. The molecule has 0 atom stereocenters. The zero-order valence-electron chi connectivity index (χ0n) is 7.50. The van der Waals surface area contributed by atoms with Crippen molar-refractivity contribution >= 4 is 21.6 Å². The number of H-pyrrole nitrogens is 1. The van der Waals surface area contributed by atoms with Gasteiger partial charge in [0.15, 0.2) is 0 Å². The summed E-state index contributed by atoms with van der Waals surface area (Å²) in [6.07, 6.45) is 1.63. The molecule has 4 heteroatoms. The Labute approximate surface area is 79.4 Å². The number of rotatable bonds is 1. The number of thiazole rings is 1. The number of pyridine rings is 1. The van der Waals surface area contributed by atoms with Crippen LogP contribution in [0, 0.1) is 0 Å². The molecule has 0 radical (unpaired) electrons. The van der Waals surface area contributed by atoms with Crippen molar-refractivity contribution in [3.8, 4) is 0 Å². The molecule has 0 aromatic carbocycles. The topological polar surface area (TPSA) is 45.8 Å². The van der Waals surface area contributed by atoms with Crippen molar-refractivity contribution in [2.24, 2.45) is 0 Å². The summed E-state index contributed by atoms with van der Waals surface area (Å²) in [4.78, 5) is 18.3. The van der Waals surface area contributed by atoms with Crippen molar-refractivity contribution in [3.63, 3.8) is 0 Å². The molecule has 0 spiro atoms. The number of aromatic amines is 1. The molecule has 3 nitrogen and oxygen atoms in total. The van der Waals surface area contributed by atoms with Gasteiger partial charge in [0.25, 0.3) is 5.56 Å². The molecule has 0 saturated carbocycles. The van der Waals surface area contributed by atoms with Crippen LogP contribution in [0.15, 0.2) is 17.1 Å². The summed E-state index contributed by atoms with van der Waals surface area (Å²) in [5.41, 5.74) is 0.763. The molecular formula is C9H10N2OS. The molecule has 0 amide bonds. The minimum atomic E-state index is -0.0399. The molecule has 2 rings (SSSR count). The monoisotopic (exact) mass is 194 g/mol. The maximum atomic E-state index is 11.3. The third-order valence-electron chi connectivity index (χ3n) is 1.83. The van der Waals surface area contributed by atoms with Crippen molar-refractivity contribution in [2.45, 2.75) is 19.8 Å². The fraction of sp³-hybridized carbons (Fsp3) is 0.333. The minimum Gasteiger partial charge on any atom is -0.328 e. The van der Waals surface area contributed by atoms with Crippen LogP contribution in [0.25, 0.3) is 10.2 Å². The molecule has 0 aliphatic rings. The molecule has 13 heavy (non-hydrogen) atoms. The third kappa shape index (κ3) is 1.37. The summed E-state index contributed by atoms with van der Waals surface area (Å²) in [6, 6.07) is 1.83. The van der Waals surface area contributed by atoms with Gasteiger partial charge in [-0.05, 0) is 6.07 Å². The van der Waals surface area contributed by atoms with E-state index in [9.17, 15) is 4.79 Å². The van der Waals surface area contributed by atoms with Crippen LogP contribution in [0.5, 0.6) is 0 Å². The Morgan fingerprint density at radius 2 is 2.31 bits per heavy atom.